The Kier molecular flexibility index (Phi) is 6.07. The van der Waals surface area contributed by atoms with Crippen LogP contribution >= 0.6 is 0 Å². The number of aromatic amines is 2. The molecule has 2 aromatic heterocycles. The molecule has 1 aliphatic heterocycles. The number of nitrogens with zero attached hydrogens (tertiary/aromatic N) is 2. The molecule has 3 aromatic rings. The van der Waals surface area contributed by atoms with E-state index in [9.17, 15) is 18.4 Å². The second-order valence-corrected chi connectivity index (χ2v) is 8.03. The molecule has 1 aromatic carbocycles. The third-order valence-electron chi connectivity index (χ3n) is 5.93. The largest absolute Gasteiger partial charge is 0.350 e. The molecule has 1 fully saturated rings. The number of piperidine rings is 1. The van der Waals surface area contributed by atoms with E-state index in [0.717, 1.165) is 33.8 Å². The van der Waals surface area contributed by atoms with Crippen LogP contribution in [0, 0.1) is 13.8 Å². The van der Waals surface area contributed by atoms with Crippen molar-refractivity contribution in [2.24, 2.45) is 0 Å². The zero-order valence-corrected chi connectivity index (χ0v) is 18.0. The third-order valence-corrected chi connectivity index (χ3v) is 5.93. The minimum Gasteiger partial charge on any atom is -0.350 e. The lowest BCUT2D eigenvalue weighted by molar-refractivity contribution is 0.0731. The average molecular weight is 441 g/mol. The fraction of sp³-hybridized carbons (Fsp3) is 0.348. The predicted molar refractivity (Wildman–Crippen MR) is 117 cm³/mol. The summed E-state index contributed by atoms with van der Waals surface area (Å²) in [5, 5.41) is 9.71. The number of halogens is 2. The van der Waals surface area contributed by atoms with E-state index in [4.69, 9.17) is 0 Å². The van der Waals surface area contributed by atoms with Crippen LogP contribution in [0.2, 0.25) is 0 Å². The number of likely N-dealkylation sites (tertiary alicyclic amines) is 1. The molecule has 32 heavy (non-hydrogen) atoms. The minimum atomic E-state index is -2.77. The summed E-state index contributed by atoms with van der Waals surface area (Å²) in [6, 6.07) is 5.93. The first-order chi connectivity index (χ1) is 15.3. The van der Waals surface area contributed by atoms with E-state index in [1.807, 2.05) is 38.1 Å². The Labute approximate surface area is 183 Å². The molecule has 0 unspecified atom stereocenters. The molecule has 0 radical (unpaired) electrons. The van der Waals surface area contributed by atoms with Gasteiger partial charge in [0.25, 0.3) is 18.2 Å². The van der Waals surface area contributed by atoms with Gasteiger partial charge in [0.1, 0.15) is 11.4 Å². The summed E-state index contributed by atoms with van der Waals surface area (Å²) in [7, 11) is 0. The predicted octanol–water partition coefficient (Wildman–Crippen LogP) is 4.04. The Bertz CT molecular complexity index is 1150. The molecule has 0 spiro atoms. The second kappa shape index (κ2) is 8.94. The normalized spacial score (nSPS) is 14.3. The number of carbonyl (C=O) groups is 2. The van der Waals surface area contributed by atoms with Gasteiger partial charge in [-0.05, 0) is 43.9 Å². The van der Waals surface area contributed by atoms with Gasteiger partial charge < -0.3 is 15.2 Å². The van der Waals surface area contributed by atoms with Crippen molar-refractivity contribution in [2.45, 2.75) is 33.1 Å². The van der Waals surface area contributed by atoms with E-state index in [1.54, 1.807) is 4.90 Å². The second-order valence-electron chi connectivity index (χ2n) is 8.03. The molecular weight excluding hydrogens is 416 g/mol. The van der Waals surface area contributed by atoms with Crippen LogP contribution in [-0.2, 0) is 0 Å². The quantitative estimate of drug-likeness (QED) is 0.522. The lowest BCUT2D eigenvalue weighted by Gasteiger charge is -2.28. The number of carbonyl (C=O) groups excluding carboxylic acids is 2. The smallest absolute Gasteiger partial charge is 0.280 e. The molecule has 9 heteroatoms. The van der Waals surface area contributed by atoms with Gasteiger partial charge in [0, 0.05) is 30.5 Å². The Balaban J connectivity index is 1.32. The lowest BCUT2D eigenvalue weighted by atomic mass is 10.0. The SMILES string of the molecule is Cc1ccc(C)c2[nH]c(C(=O)NCC=C3CCN(C(=O)c4cn[nH]c4C(F)F)CC3)cc12. The number of hydrogen-bond acceptors (Lipinski definition) is 3. The Hall–Kier alpha value is -3.49. The van der Waals surface area contributed by atoms with Crippen molar-refractivity contribution in [3.05, 3.63) is 64.1 Å². The number of aryl methyl sites for hydroxylation is 2. The van der Waals surface area contributed by atoms with Crippen molar-refractivity contribution in [3.63, 3.8) is 0 Å². The number of H-pyrrole nitrogens is 2. The van der Waals surface area contributed by atoms with E-state index in [-0.39, 0.29) is 11.5 Å². The van der Waals surface area contributed by atoms with E-state index < -0.39 is 18.0 Å². The van der Waals surface area contributed by atoms with Crippen LogP contribution in [-0.4, -0.2) is 51.5 Å². The van der Waals surface area contributed by atoms with Crippen LogP contribution in [0.5, 0.6) is 0 Å². The number of fused-ring (bicyclic) bond motifs is 1. The van der Waals surface area contributed by atoms with Crippen LogP contribution in [0.4, 0.5) is 8.78 Å². The van der Waals surface area contributed by atoms with Gasteiger partial charge in [-0.2, -0.15) is 5.10 Å². The number of hydrogen-bond donors (Lipinski definition) is 3. The number of benzene rings is 1. The molecule has 168 valence electrons. The summed E-state index contributed by atoms with van der Waals surface area (Å²) in [5.74, 6) is -0.616. The van der Waals surface area contributed by atoms with Crippen molar-refractivity contribution in [1.29, 1.82) is 0 Å². The topological polar surface area (TPSA) is 93.9 Å². The molecule has 0 aliphatic carbocycles. The van der Waals surface area contributed by atoms with Gasteiger partial charge in [-0.3, -0.25) is 14.7 Å². The van der Waals surface area contributed by atoms with Gasteiger partial charge in [0.05, 0.1) is 11.8 Å². The van der Waals surface area contributed by atoms with E-state index >= 15 is 0 Å². The van der Waals surface area contributed by atoms with Gasteiger partial charge in [-0.15, -0.1) is 0 Å². The zero-order chi connectivity index (χ0) is 22.8. The molecule has 0 bridgehead atoms. The number of amides is 2. The van der Waals surface area contributed by atoms with Crippen LogP contribution < -0.4 is 5.32 Å². The van der Waals surface area contributed by atoms with Crippen molar-refractivity contribution < 1.29 is 18.4 Å². The standard InChI is InChI=1S/C23H25F2N5O2/c1-13-3-4-14(2)19-16(13)11-18(28-19)22(31)26-8-5-15-6-9-30(10-7-15)23(32)17-12-27-29-20(17)21(24)25/h3-5,11-12,21,28H,6-10H2,1-2H3,(H,26,31)(H,27,29). The van der Waals surface area contributed by atoms with Crippen molar-refractivity contribution in [2.75, 3.05) is 19.6 Å². The van der Waals surface area contributed by atoms with Crippen molar-refractivity contribution in [3.8, 4) is 0 Å². The molecule has 2 amide bonds. The lowest BCUT2D eigenvalue weighted by Crippen LogP contribution is -2.37. The van der Waals surface area contributed by atoms with Crippen LogP contribution in [0.3, 0.4) is 0 Å². The first-order valence-corrected chi connectivity index (χ1v) is 10.5. The maximum absolute atomic E-state index is 13.0. The highest BCUT2D eigenvalue weighted by atomic mass is 19.3. The van der Waals surface area contributed by atoms with E-state index in [0.29, 0.717) is 38.2 Å². The van der Waals surface area contributed by atoms with Gasteiger partial charge in [-0.25, -0.2) is 8.78 Å². The number of aromatic nitrogens is 3. The molecule has 1 saturated heterocycles. The fourth-order valence-corrected chi connectivity index (χ4v) is 4.01. The summed E-state index contributed by atoms with van der Waals surface area (Å²) in [5.41, 5.74) is 4.29. The molecule has 7 nitrogen and oxygen atoms in total. The fourth-order valence-electron chi connectivity index (χ4n) is 4.01. The molecule has 0 atom stereocenters. The van der Waals surface area contributed by atoms with Crippen molar-refractivity contribution >= 4 is 22.7 Å². The Morgan fingerprint density at radius 3 is 2.62 bits per heavy atom. The van der Waals surface area contributed by atoms with Crippen LogP contribution in [0.25, 0.3) is 10.9 Å². The summed E-state index contributed by atoms with van der Waals surface area (Å²) in [4.78, 5) is 29.8. The summed E-state index contributed by atoms with van der Waals surface area (Å²) < 4.78 is 26.0. The number of alkyl halides is 2. The highest BCUT2D eigenvalue weighted by molar-refractivity contribution is 5.99. The third kappa shape index (κ3) is 4.28. The molecular formula is C23H25F2N5O2. The number of rotatable bonds is 5. The van der Waals surface area contributed by atoms with Crippen LogP contribution in [0.15, 0.2) is 36.0 Å². The molecule has 3 heterocycles. The first-order valence-electron chi connectivity index (χ1n) is 10.5. The zero-order valence-electron chi connectivity index (χ0n) is 18.0. The van der Waals surface area contributed by atoms with Crippen molar-refractivity contribution in [1.82, 2.24) is 25.4 Å². The minimum absolute atomic E-state index is 0.0801. The highest BCUT2D eigenvalue weighted by Gasteiger charge is 2.26. The Morgan fingerprint density at radius 2 is 1.94 bits per heavy atom. The van der Waals surface area contributed by atoms with E-state index in [1.165, 1.54) is 0 Å². The Morgan fingerprint density at radius 1 is 1.22 bits per heavy atom. The van der Waals surface area contributed by atoms with Gasteiger partial charge in [-0.1, -0.05) is 23.8 Å². The molecule has 1 aliphatic rings. The van der Waals surface area contributed by atoms with Gasteiger partial charge >= 0.3 is 0 Å². The molecule has 4 rings (SSSR count). The monoisotopic (exact) mass is 441 g/mol. The number of nitrogens with one attached hydrogen (secondary N) is 3. The van der Waals surface area contributed by atoms with Gasteiger partial charge in [0.15, 0.2) is 0 Å². The molecule has 0 saturated carbocycles. The van der Waals surface area contributed by atoms with Crippen LogP contribution in [0.1, 0.15) is 56.9 Å². The highest BCUT2D eigenvalue weighted by Crippen LogP contribution is 2.24. The summed E-state index contributed by atoms with van der Waals surface area (Å²) in [6.07, 6.45) is 1.60. The summed E-state index contributed by atoms with van der Waals surface area (Å²) >= 11 is 0. The first kappa shape index (κ1) is 21.7. The van der Waals surface area contributed by atoms with Gasteiger partial charge in [0.2, 0.25) is 0 Å². The summed E-state index contributed by atoms with van der Waals surface area (Å²) in [6.45, 7) is 5.27. The van der Waals surface area contributed by atoms with E-state index in [2.05, 4.69) is 20.5 Å². The average Bonchev–Trinajstić information content (AvgIpc) is 3.45. The maximum Gasteiger partial charge on any atom is 0.280 e. The maximum atomic E-state index is 13.0. The molecule has 3 N–H and O–H groups in total.